The predicted octanol–water partition coefficient (Wildman–Crippen LogP) is 1.66. The van der Waals surface area contributed by atoms with Crippen LogP contribution in [0.3, 0.4) is 0 Å². The minimum absolute atomic E-state index is 0.0133. The molecule has 1 aliphatic heterocycles. The second kappa shape index (κ2) is 8.65. The molecule has 1 unspecified atom stereocenters. The van der Waals surface area contributed by atoms with Crippen LogP contribution in [0, 0.1) is 6.92 Å². The number of aromatic nitrogens is 1. The second-order valence-electron chi connectivity index (χ2n) is 7.39. The number of amides is 1. The third-order valence-electron chi connectivity index (χ3n) is 5.38. The van der Waals surface area contributed by atoms with Crippen molar-refractivity contribution >= 4 is 23.5 Å². The highest BCUT2D eigenvalue weighted by molar-refractivity contribution is 6.10. The number of nitrogens with one attached hydrogen (secondary N) is 2. The Kier molecular flexibility index (Phi) is 6.22. The zero-order chi connectivity index (χ0) is 21.1. The van der Waals surface area contributed by atoms with Gasteiger partial charge < -0.3 is 18.6 Å². The van der Waals surface area contributed by atoms with Crippen LogP contribution in [0.2, 0.25) is 0 Å². The number of rotatable bonds is 7. The highest BCUT2D eigenvalue weighted by Crippen LogP contribution is 2.28. The number of Topliss-reactive ketones (excluding diaryl/α,β-unsaturated/α-hetero) is 1. The first-order valence-electron chi connectivity index (χ1n) is 9.90. The van der Waals surface area contributed by atoms with E-state index in [1.54, 1.807) is 13.8 Å². The lowest BCUT2D eigenvalue weighted by molar-refractivity contribution is -0.910. The molecule has 0 aromatic carbocycles. The Morgan fingerprint density at radius 1 is 1.34 bits per heavy atom. The van der Waals surface area contributed by atoms with Gasteiger partial charge in [0.15, 0.2) is 12.3 Å². The summed E-state index contributed by atoms with van der Waals surface area (Å²) in [4.78, 5) is 38.3. The molecule has 8 heteroatoms. The van der Waals surface area contributed by atoms with Gasteiger partial charge in [-0.2, -0.15) is 0 Å². The van der Waals surface area contributed by atoms with Crippen molar-refractivity contribution in [1.82, 2.24) is 4.57 Å². The summed E-state index contributed by atoms with van der Waals surface area (Å²) >= 11 is 0. The van der Waals surface area contributed by atoms with Crippen LogP contribution in [-0.4, -0.2) is 41.9 Å². The Bertz CT molecular complexity index is 927. The van der Waals surface area contributed by atoms with Gasteiger partial charge in [-0.1, -0.05) is 0 Å². The molecule has 2 N–H and O–H groups in total. The molecule has 29 heavy (non-hydrogen) atoms. The Morgan fingerprint density at radius 2 is 2.10 bits per heavy atom. The second-order valence-corrected chi connectivity index (χ2v) is 7.39. The molecular formula is C21H28N3O5+. The number of carbonyl (C=O) groups excluding carboxylic acids is 3. The summed E-state index contributed by atoms with van der Waals surface area (Å²) in [5, 5.41) is 2.69. The van der Waals surface area contributed by atoms with E-state index in [1.807, 2.05) is 19.3 Å². The molecule has 0 spiro atoms. The van der Waals surface area contributed by atoms with Crippen molar-refractivity contribution < 1.29 is 28.4 Å². The van der Waals surface area contributed by atoms with Gasteiger partial charge in [-0.25, -0.2) is 4.79 Å². The van der Waals surface area contributed by atoms with Crippen LogP contribution in [0.1, 0.15) is 64.9 Å². The van der Waals surface area contributed by atoms with Gasteiger partial charge in [0.2, 0.25) is 5.88 Å². The molecule has 2 atom stereocenters. The summed E-state index contributed by atoms with van der Waals surface area (Å²) < 4.78 is 12.7. The van der Waals surface area contributed by atoms with Crippen molar-refractivity contribution in [2.75, 3.05) is 25.0 Å². The van der Waals surface area contributed by atoms with Gasteiger partial charge in [0.05, 0.1) is 24.4 Å². The minimum Gasteiger partial charge on any atom is -0.462 e. The fourth-order valence-electron chi connectivity index (χ4n) is 4.15. The van der Waals surface area contributed by atoms with E-state index in [2.05, 4.69) is 16.0 Å². The SMILES string of the molecule is CCOC(=O)c1c(NC(=O)C[NH+]2CCC[C@@H]2c2cccn2C)oc(C)c1C(C)=O. The normalized spacial score (nSPS) is 18.6. The van der Waals surface area contributed by atoms with Crippen LogP contribution in [0.4, 0.5) is 5.88 Å². The number of anilines is 1. The van der Waals surface area contributed by atoms with E-state index in [9.17, 15) is 14.4 Å². The summed E-state index contributed by atoms with van der Waals surface area (Å²) in [5.74, 6) is -1.00. The lowest BCUT2D eigenvalue weighted by Gasteiger charge is -2.21. The number of likely N-dealkylation sites (tertiary alicyclic amines) is 1. The van der Waals surface area contributed by atoms with Gasteiger partial charge in [0, 0.05) is 26.1 Å². The van der Waals surface area contributed by atoms with E-state index in [0.717, 1.165) is 24.3 Å². The molecular weight excluding hydrogens is 374 g/mol. The van der Waals surface area contributed by atoms with Crippen LogP contribution in [0.5, 0.6) is 0 Å². The van der Waals surface area contributed by atoms with E-state index >= 15 is 0 Å². The van der Waals surface area contributed by atoms with Crippen molar-refractivity contribution in [3.05, 3.63) is 40.9 Å². The third kappa shape index (κ3) is 4.27. The van der Waals surface area contributed by atoms with Crippen LogP contribution in [0.25, 0.3) is 0 Å². The Hall–Kier alpha value is -2.87. The Labute approximate surface area is 169 Å². The molecule has 0 saturated carbocycles. The summed E-state index contributed by atoms with van der Waals surface area (Å²) in [6.07, 6.45) is 4.07. The van der Waals surface area contributed by atoms with Crippen LogP contribution in [0.15, 0.2) is 22.7 Å². The Morgan fingerprint density at radius 3 is 2.72 bits per heavy atom. The molecule has 0 bridgehead atoms. The average molecular weight is 402 g/mol. The molecule has 2 aromatic rings. The number of ketones is 1. The molecule has 0 radical (unpaired) electrons. The number of hydrogen-bond acceptors (Lipinski definition) is 5. The molecule has 2 aromatic heterocycles. The molecule has 156 valence electrons. The number of carbonyl (C=O) groups is 3. The van der Waals surface area contributed by atoms with Crippen molar-refractivity contribution in [1.29, 1.82) is 0 Å². The van der Waals surface area contributed by atoms with Gasteiger partial charge in [-0.3, -0.25) is 14.9 Å². The first kappa shape index (κ1) is 20.9. The maximum absolute atomic E-state index is 12.8. The molecule has 8 nitrogen and oxygen atoms in total. The van der Waals surface area contributed by atoms with E-state index in [0.29, 0.717) is 0 Å². The summed E-state index contributed by atoms with van der Waals surface area (Å²) in [5.41, 5.74) is 1.33. The smallest absolute Gasteiger partial charge is 0.344 e. The third-order valence-corrected chi connectivity index (χ3v) is 5.38. The number of nitrogens with zero attached hydrogens (tertiary/aromatic N) is 1. The van der Waals surface area contributed by atoms with E-state index < -0.39 is 5.97 Å². The molecule has 1 saturated heterocycles. The van der Waals surface area contributed by atoms with Gasteiger partial charge in [0.25, 0.3) is 5.91 Å². The fourth-order valence-corrected chi connectivity index (χ4v) is 4.15. The van der Waals surface area contributed by atoms with Gasteiger partial charge in [0.1, 0.15) is 17.4 Å². The summed E-state index contributed by atoms with van der Waals surface area (Å²) in [6.45, 7) is 5.91. The average Bonchev–Trinajstić information content (AvgIpc) is 3.33. The number of hydrogen-bond donors (Lipinski definition) is 2. The van der Waals surface area contributed by atoms with Gasteiger partial charge in [-0.15, -0.1) is 0 Å². The highest BCUT2D eigenvalue weighted by atomic mass is 16.5. The van der Waals surface area contributed by atoms with E-state index in [1.165, 1.54) is 12.6 Å². The highest BCUT2D eigenvalue weighted by Gasteiger charge is 2.34. The standard InChI is InChI=1S/C21H27N3O5/c1-5-28-21(27)19-18(13(2)25)14(3)29-20(19)22-17(26)12-24-11-7-9-16(24)15-8-6-10-23(15)4/h6,8,10,16H,5,7,9,11-12H2,1-4H3,(H,22,26)/p+1/t16-/m1/s1. The van der Waals surface area contributed by atoms with Crippen molar-refractivity contribution in [2.24, 2.45) is 7.05 Å². The predicted molar refractivity (Wildman–Crippen MR) is 106 cm³/mol. The van der Waals surface area contributed by atoms with Crippen LogP contribution < -0.4 is 10.2 Å². The Balaban J connectivity index is 1.78. The molecule has 3 heterocycles. The van der Waals surface area contributed by atoms with Gasteiger partial charge >= 0.3 is 5.97 Å². The quantitative estimate of drug-likeness (QED) is 0.543. The zero-order valence-electron chi connectivity index (χ0n) is 17.3. The largest absolute Gasteiger partial charge is 0.462 e. The summed E-state index contributed by atoms with van der Waals surface area (Å²) in [7, 11) is 2.01. The molecule has 1 aliphatic rings. The first-order valence-corrected chi connectivity index (χ1v) is 9.90. The molecule has 3 rings (SSSR count). The number of ether oxygens (including phenoxy) is 1. The topological polar surface area (TPSA) is 95.0 Å². The molecule has 1 amide bonds. The fraction of sp³-hybridized carbons (Fsp3) is 0.476. The van der Waals surface area contributed by atoms with Crippen LogP contribution in [-0.2, 0) is 16.6 Å². The number of esters is 1. The van der Waals surface area contributed by atoms with E-state index in [4.69, 9.17) is 9.15 Å². The monoisotopic (exact) mass is 402 g/mol. The van der Waals surface area contributed by atoms with Crippen molar-refractivity contribution in [2.45, 2.75) is 39.7 Å². The van der Waals surface area contributed by atoms with Crippen LogP contribution >= 0.6 is 0 Å². The van der Waals surface area contributed by atoms with Crippen molar-refractivity contribution in [3.8, 4) is 0 Å². The lowest BCUT2D eigenvalue weighted by Crippen LogP contribution is -3.11. The minimum atomic E-state index is -0.681. The number of aryl methyl sites for hydroxylation is 2. The first-order chi connectivity index (χ1) is 13.8. The summed E-state index contributed by atoms with van der Waals surface area (Å²) in [6, 6.07) is 4.34. The maximum atomic E-state index is 12.8. The lowest BCUT2D eigenvalue weighted by atomic mass is 10.1. The molecule has 0 aliphatic carbocycles. The zero-order valence-corrected chi connectivity index (χ0v) is 17.3. The number of quaternary nitrogens is 1. The molecule has 1 fully saturated rings. The maximum Gasteiger partial charge on any atom is 0.344 e. The number of furan rings is 1. The van der Waals surface area contributed by atoms with E-state index in [-0.39, 0.29) is 53.7 Å². The van der Waals surface area contributed by atoms with Gasteiger partial charge in [-0.05, 0) is 32.9 Å². The van der Waals surface area contributed by atoms with Crippen molar-refractivity contribution in [3.63, 3.8) is 0 Å².